The largest absolute Gasteiger partial charge is 0.351 e. The average Bonchev–Trinajstić information content (AvgIpc) is 2.86. The third-order valence-corrected chi connectivity index (χ3v) is 7.94. The molecule has 0 unspecified atom stereocenters. The molecule has 5 rings (SSSR count). The summed E-state index contributed by atoms with van der Waals surface area (Å²) >= 11 is 0. The number of benzene rings is 2. The van der Waals surface area contributed by atoms with Gasteiger partial charge in [-0.3, -0.25) is 4.72 Å². The second-order valence-corrected chi connectivity index (χ2v) is 11.5. The molecule has 8 nitrogen and oxygen atoms in total. The highest BCUT2D eigenvalue weighted by Crippen LogP contribution is 2.31. The van der Waals surface area contributed by atoms with E-state index in [0.717, 1.165) is 49.9 Å². The van der Waals surface area contributed by atoms with Gasteiger partial charge in [0.15, 0.2) is 0 Å². The Bertz CT molecular complexity index is 1600. The minimum atomic E-state index is -4.01. The summed E-state index contributed by atoms with van der Waals surface area (Å²) in [5, 5.41) is 3.33. The van der Waals surface area contributed by atoms with E-state index in [0.29, 0.717) is 28.1 Å². The van der Waals surface area contributed by atoms with Gasteiger partial charge >= 0.3 is 0 Å². The molecule has 1 saturated carbocycles. The molecule has 1 aliphatic rings. The second kappa shape index (κ2) is 10.8. The van der Waals surface area contributed by atoms with Crippen molar-refractivity contribution in [2.24, 2.45) is 5.73 Å². The summed E-state index contributed by atoms with van der Waals surface area (Å²) in [5.41, 5.74) is 7.20. The highest BCUT2D eigenvalue weighted by atomic mass is 32.2. The molecule has 0 atom stereocenters. The molecule has 12 heteroatoms. The number of nitrogens with zero attached hydrogens (tertiary/aromatic N) is 3. The number of anilines is 2. The molecule has 0 aliphatic heterocycles. The fraction of sp³-hybridized carbons (Fsp3) is 0.296. The van der Waals surface area contributed by atoms with Crippen molar-refractivity contribution in [3.8, 4) is 11.3 Å². The van der Waals surface area contributed by atoms with Crippen LogP contribution in [0, 0.1) is 24.4 Å². The summed E-state index contributed by atoms with van der Waals surface area (Å²) in [6, 6.07) is 8.66. The van der Waals surface area contributed by atoms with Gasteiger partial charge in [0.1, 0.15) is 23.0 Å². The van der Waals surface area contributed by atoms with Crippen LogP contribution < -0.4 is 15.8 Å². The Morgan fingerprint density at radius 1 is 0.974 bits per heavy atom. The van der Waals surface area contributed by atoms with Crippen molar-refractivity contribution in [2.75, 3.05) is 10.0 Å². The van der Waals surface area contributed by atoms with Gasteiger partial charge in [0.05, 0.1) is 34.4 Å². The minimum Gasteiger partial charge on any atom is -0.351 e. The van der Waals surface area contributed by atoms with E-state index in [9.17, 15) is 12.8 Å². The van der Waals surface area contributed by atoms with E-state index in [1.807, 2.05) is 0 Å². The molecule has 0 saturated heterocycles. The number of halogens is 3. The van der Waals surface area contributed by atoms with Crippen molar-refractivity contribution >= 4 is 32.7 Å². The second-order valence-electron chi connectivity index (χ2n) is 9.81. The van der Waals surface area contributed by atoms with Crippen LogP contribution in [0.25, 0.3) is 22.3 Å². The van der Waals surface area contributed by atoms with Gasteiger partial charge in [-0.1, -0.05) is 12.1 Å². The summed E-state index contributed by atoms with van der Waals surface area (Å²) in [7, 11) is -4.01. The van der Waals surface area contributed by atoms with Gasteiger partial charge in [0.25, 0.3) is 0 Å². The molecule has 4 N–H and O–H groups in total. The van der Waals surface area contributed by atoms with Gasteiger partial charge in [-0.15, -0.1) is 0 Å². The highest BCUT2D eigenvalue weighted by Gasteiger charge is 2.21. The first-order valence-corrected chi connectivity index (χ1v) is 14.1. The maximum atomic E-state index is 15.1. The number of aromatic nitrogens is 3. The van der Waals surface area contributed by atoms with E-state index >= 15 is 8.78 Å². The SMILES string of the molecule is Cc1cc(-c2c(F)cc(NS(=O)(=O)Cc3ccc(F)cc3)cc2F)nc2cnc(NC3CCC(N)CC3)nc12. The Labute approximate surface area is 223 Å². The van der Waals surface area contributed by atoms with E-state index < -0.39 is 38.8 Å². The van der Waals surface area contributed by atoms with E-state index in [1.54, 1.807) is 6.92 Å². The summed E-state index contributed by atoms with van der Waals surface area (Å²) < 4.78 is 70.5. The Balaban J connectivity index is 1.37. The number of nitrogens with one attached hydrogen (secondary N) is 2. The van der Waals surface area contributed by atoms with Crippen LogP contribution in [0.5, 0.6) is 0 Å². The number of aryl methyl sites for hydroxylation is 1. The number of pyridine rings is 1. The molecule has 4 aromatic rings. The van der Waals surface area contributed by atoms with Crippen LogP contribution >= 0.6 is 0 Å². The Morgan fingerprint density at radius 2 is 1.64 bits per heavy atom. The number of nitrogens with two attached hydrogens (primary N) is 1. The lowest BCUT2D eigenvalue weighted by atomic mass is 9.92. The van der Waals surface area contributed by atoms with Crippen molar-refractivity contribution in [2.45, 2.75) is 50.4 Å². The normalized spacial score (nSPS) is 17.8. The molecule has 0 bridgehead atoms. The van der Waals surface area contributed by atoms with Crippen LogP contribution in [-0.4, -0.2) is 35.5 Å². The quantitative estimate of drug-likeness (QED) is 0.291. The third-order valence-electron chi connectivity index (χ3n) is 6.68. The predicted molar refractivity (Wildman–Crippen MR) is 144 cm³/mol. The molecule has 1 fully saturated rings. The molecule has 2 aromatic carbocycles. The monoisotopic (exact) mass is 556 g/mol. The van der Waals surface area contributed by atoms with Gasteiger partial charge in [-0.05, 0) is 74.1 Å². The van der Waals surface area contributed by atoms with E-state index in [1.165, 1.54) is 24.4 Å². The Kier molecular flexibility index (Phi) is 7.41. The van der Waals surface area contributed by atoms with Gasteiger partial charge < -0.3 is 11.1 Å². The first-order valence-electron chi connectivity index (χ1n) is 12.5. The third kappa shape index (κ3) is 6.28. The number of hydrogen-bond donors (Lipinski definition) is 3. The number of fused-ring (bicyclic) bond motifs is 1. The van der Waals surface area contributed by atoms with Crippen LogP contribution in [-0.2, 0) is 15.8 Å². The van der Waals surface area contributed by atoms with E-state index in [-0.39, 0.29) is 23.5 Å². The van der Waals surface area contributed by atoms with Crippen molar-refractivity contribution in [1.82, 2.24) is 15.0 Å². The van der Waals surface area contributed by atoms with Crippen LogP contribution in [0.4, 0.5) is 24.8 Å². The molecule has 2 heterocycles. The lowest BCUT2D eigenvalue weighted by Crippen LogP contribution is -2.33. The van der Waals surface area contributed by atoms with Crippen LogP contribution in [0.15, 0.2) is 48.7 Å². The predicted octanol–water partition coefficient (Wildman–Crippen LogP) is 5.04. The summed E-state index contributed by atoms with van der Waals surface area (Å²) in [5.74, 6) is -2.52. The Hall–Kier alpha value is -3.77. The molecule has 0 amide bonds. The van der Waals surface area contributed by atoms with E-state index in [2.05, 4.69) is 25.0 Å². The molecule has 39 heavy (non-hydrogen) atoms. The Morgan fingerprint density at radius 3 is 2.31 bits per heavy atom. The standard InChI is InChI=1S/C27H27F3N6O2S/c1-15-10-23(34-24-13-32-27(35-26(15)24)33-19-8-6-18(31)7-9-19)25-21(29)11-20(12-22(25)30)36-39(37,38)14-16-2-4-17(28)5-3-16/h2-5,10-13,18-19,36H,6-9,14,31H2,1H3,(H,32,33,35). The summed E-state index contributed by atoms with van der Waals surface area (Å²) in [6.07, 6.45) is 5.22. The van der Waals surface area contributed by atoms with Crippen molar-refractivity contribution in [3.63, 3.8) is 0 Å². The number of sulfonamides is 1. The zero-order chi connectivity index (χ0) is 27.7. The maximum Gasteiger partial charge on any atom is 0.236 e. The van der Waals surface area contributed by atoms with Gasteiger partial charge in [-0.2, -0.15) is 0 Å². The van der Waals surface area contributed by atoms with E-state index in [4.69, 9.17) is 5.73 Å². The molecular formula is C27H27F3N6O2S. The van der Waals surface area contributed by atoms with Crippen molar-refractivity contribution in [3.05, 3.63) is 77.2 Å². The average molecular weight is 557 g/mol. The van der Waals surface area contributed by atoms with Crippen LogP contribution in [0.2, 0.25) is 0 Å². The smallest absolute Gasteiger partial charge is 0.236 e. The summed E-state index contributed by atoms with van der Waals surface area (Å²) in [4.78, 5) is 13.3. The zero-order valence-corrected chi connectivity index (χ0v) is 21.9. The number of hydrogen-bond acceptors (Lipinski definition) is 7. The molecule has 204 valence electrons. The topological polar surface area (TPSA) is 123 Å². The fourth-order valence-corrected chi connectivity index (χ4v) is 5.90. The summed E-state index contributed by atoms with van der Waals surface area (Å²) in [6.45, 7) is 1.76. The molecule has 0 spiro atoms. The lowest BCUT2D eigenvalue weighted by Gasteiger charge is -2.26. The maximum absolute atomic E-state index is 15.1. The first kappa shape index (κ1) is 26.8. The molecule has 0 radical (unpaired) electrons. The highest BCUT2D eigenvalue weighted by molar-refractivity contribution is 7.91. The molecular weight excluding hydrogens is 529 g/mol. The van der Waals surface area contributed by atoms with Gasteiger partial charge in [-0.25, -0.2) is 36.5 Å². The van der Waals surface area contributed by atoms with Crippen LogP contribution in [0.1, 0.15) is 36.8 Å². The number of rotatable bonds is 7. The first-order chi connectivity index (χ1) is 18.6. The lowest BCUT2D eigenvalue weighted by molar-refractivity contribution is 0.410. The molecule has 2 aromatic heterocycles. The van der Waals surface area contributed by atoms with Crippen LogP contribution in [0.3, 0.4) is 0 Å². The van der Waals surface area contributed by atoms with Crippen molar-refractivity contribution < 1.29 is 21.6 Å². The van der Waals surface area contributed by atoms with Gasteiger partial charge in [0.2, 0.25) is 16.0 Å². The van der Waals surface area contributed by atoms with Gasteiger partial charge in [0, 0.05) is 12.1 Å². The minimum absolute atomic E-state index is 0.0290. The fourth-order valence-electron chi connectivity index (χ4n) is 4.72. The zero-order valence-electron chi connectivity index (χ0n) is 21.1. The molecule has 1 aliphatic carbocycles. The van der Waals surface area contributed by atoms with Crippen molar-refractivity contribution in [1.29, 1.82) is 0 Å².